The molecular formula is C16H12ClN3O2S. The molecule has 0 radical (unpaired) electrons. The Kier molecular flexibility index (Phi) is 3.76. The molecule has 3 aromatic rings. The summed E-state index contributed by atoms with van der Waals surface area (Å²) in [4.78, 5) is 3.06. The van der Waals surface area contributed by atoms with E-state index in [9.17, 15) is 8.42 Å². The van der Waals surface area contributed by atoms with Gasteiger partial charge in [-0.25, -0.2) is 8.42 Å². The van der Waals surface area contributed by atoms with Gasteiger partial charge in [0.15, 0.2) is 0 Å². The fourth-order valence-electron chi connectivity index (χ4n) is 2.35. The number of hydrogen-bond donors (Lipinski definition) is 2. The van der Waals surface area contributed by atoms with Crippen molar-refractivity contribution >= 4 is 38.2 Å². The average molecular weight is 346 g/mol. The van der Waals surface area contributed by atoms with Crippen LogP contribution in [-0.4, -0.2) is 13.4 Å². The number of aromatic amines is 1. The first-order chi connectivity index (χ1) is 10.9. The third-order valence-corrected chi connectivity index (χ3v) is 5.06. The van der Waals surface area contributed by atoms with Crippen molar-refractivity contribution in [2.24, 2.45) is 0 Å². The molecule has 2 aromatic carbocycles. The Morgan fingerprint density at radius 1 is 1.26 bits per heavy atom. The first-order valence-electron chi connectivity index (χ1n) is 6.71. The summed E-state index contributed by atoms with van der Waals surface area (Å²) < 4.78 is 27.6. The van der Waals surface area contributed by atoms with Gasteiger partial charge in [0.1, 0.15) is 0 Å². The lowest BCUT2D eigenvalue weighted by Crippen LogP contribution is -2.13. The first-order valence-corrected chi connectivity index (χ1v) is 8.57. The molecule has 0 saturated carbocycles. The number of benzene rings is 2. The number of H-pyrrole nitrogens is 1. The number of fused-ring (bicyclic) bond motifs is 1. The number of aromatic nitrogens is 1. The van der Waals surface area contributed by atoms with E-state index in [1.165, 1.54) is 18.2 Å². The molecule has 0 spiro atoms. The normalized spacial score (nSPS) is 11.3. The minimum atomic E-state index is -3.82. The maximum atomic E-state index is 12.6. The van der Waals surface area contributed by atoms with Crippen molar-refractivity contribution in [3.8, 4) is 6.07 Å². The second kappa shape index (κ2) is 5.61. The molecule has 0 aliphatic rings. The van der Waals surface area contributed by atoms with E-state index >= 15 is 0 Å². The number of nitrogens with zero attached hydrogens (tertiary/aromatic N) is 1. The fraction of sp³-hybridized carbons (Fsp3) is 0.0625. The van der Waals surface area contributed by atoms with E-state index in [0.717, 1.165) is 10.9 Å². The smallest absolute Gasteiger partial charge is 0.262 e. The molecule has 0 bridgehead atoms. The minimum absolute atomic E-state index is 0.0213. The van der Waals surface area contributed by atoms with Crippen molar-refractivity contribution < 1.29 is 8.42 Å². The Morgan fingerprint density at radius 3 is 2.78 bits per heavy atom. The molecule has 1 aromatic heterocycles. The van der Waals surface area contributed by atoms with Gasteiger partial charge >= 0.3 is 0 Å². The maximum Gasteiger partial charge on any atom is 0.262 e. The topological polar surface area (TPSA) is 85.8 Å². The van der Waals surface area contributed by atoms with E-state index in [0.29, 0.717) is 16.2 Å². The summed E-state index contributed by atoms with van der Waals surface area (Å²) in [6, 6.07) is 11.1. The number of rotatable bonds is 3. The molecule has 2 N–H and O–H groups in total. The van der Waals surface area contributed by atoms with Crippen molar-refractivity contribution in [2.75, 3.05) is 4.72 Å². The third kappa shape index (κ3) is 2.89. The van der Waals surface area contributed by atoms with Crippen molar-refractivity contribution in [3.05, 3.63) is 58.7 Å². The molecule has 5 nitrogen and oxygen atoms in total. The summed E-state index contributed by atoms with van der Waals surface area (Å²) in [5.41, 5.74) is 2.27. The van der Waals surface area contributed by atoms with Gasteiger partial charge in [-0.2, -0.15) is 5.26 Å². The van der Waals surface area contributed by atoms with E-state index in [-0.39, 0.29) is 10.5 Å². The van der Waals surface area contributed by atoms with Gasteiger partial charge in [0.2, 0.25) is 0 Å². The van der Waals surface area contributed by atoms with Gasteiger partial charge in [-0.3, -0.25) is 4.72 Å². The lowest BCUT2D eigenvalue weighted by atomic mass is 10.2. The highest BCUT2D eigenvalue weighted by Gasteiger charge is 2.17. The van der Waals surface area contributed by atoms with Crippen molar-refractivity contribution in [3.63, 3.8) is 0 Å². The molecule has 116 valence electrons. The summed E-state index contributed by atoms with van der Waals surface area (Å²) in [6.07, 6.45) is 1.79. The summed E-state index contributed by atoms with van der Waals surface area (Å²) in [5.74, 6) is 0. The van der Waals surface area contributed by atoms with E-state index < -0.39 is 10.0 Å². The van der Waals surface area contributed by atoms with E-state index in [1.54, 1.807) is 24.4 Å². The third-order valence-electron chi connectivity index (χ3n) is 3.48. The summed E-state index contributed by atoms with van der Waals surface area (Å²) >= 11 is 6.08. The number of hydrogen-bond acceptors (Lipinski definition) is 3. The van der Waals surface area contributed by atoms with Crippen LogP contribution < -0.4 is 4.72 Å². The van der Waals surface area contributed by atoms with Gasteiger partial charge in [0.05, 0.1) is 27.7 Å². The average Bonchev–Trinajstić information content (AvgIpc) is 2.88. The molecule has 3 rings (SSSR count). The highest BCUT2D eigenvalue weighted by molar-refractivity contribution is 7.92. The van der Waals surface area contributed by atoms with E-state index in [2.05, 4.69) is 9.71 Å². The number of halogens is 1. The van der Waals surface area contributed by atoms with Crippen LogP contribution in [0.1, 0.15) is 11.1 Å². The van der Waals surface area contributed by atoms with Crippen LogP contribution in [-0.2, 0) is 10.0 Å². The fourth-order valence-corrected chi connectivity index (χ4v) is 3.67. The molecule has 0 aliphatic heterocycles. The Bertz CT molecular complexity index is 1050. The van der Waals surface area contributed by atoms with Gasteiger partial charge in [-0.15, -0.1) is 0 Å². The number of sulfonamides is 1. The van der Waals surface area contributed by atoms with Gasteiger partial charge in [0, 0.05) is 16.6 Å². The van der Waals surface area contributed by atoms with Crippen molar-refractivity contribution in [1.82, 2.24) is 4.98 Å². The van der Waals surface area contributed by atoms with Gasteiger partial charge in [-0.1, -0.05) is 17.7 Å². The van der Waals surface area contributed by atoms with Crippen LogP contribution in [0.4, 0.5) is 5.69 Å². The predicted molar refractivity (Wildman–Crippen MR) is 90.0 cm³/mol. The molecule has 0 aliphatic carbocycles. The van der Waals surface area contributed by atoms with Gasteiger partial charge < -0.3 is 4.98 Å². The molecular weight excluding hydrogens is 334 g/mol. The number of nitrogens with one attached hydrogen (secondary N) is 2. The quantitative estimate of drug-likeness (QED) is 0.757. The number of aryl methyl sites for hydroxylation is 1. The maximum absolute atomic E-state index is 12.6. The molecule has 7 heteroatoms. The molecule has 0 amide bonds. The van der Waals surface area contributed by atoms with Gasteiger partial charge in [0.25, 0.3) is 10.0 Å². The second-order valence-electron chi connectivity index (χ2n) is 5.09. The predicted octanol–water partition coefficient (Wildman–Crippen LogP) is 3.80. The largest absolute Gasteiger partial charge is 0.359 e. The minimum Gasteiger partial charge on any atom is -0.359 e. The molecule has 0 saturated heterocycles. The van der Waals surface area contributed by atoms with Crippen LogP contribution >= 0.6 is 11.6 Å². The summed E-state index contributed by atoms with van der Waals surface area (Å²) in [5, 5.41) is 10.2. The summed E-state index contributed by atoms with van der Waals surface area (Å²) in [7, 11) is -3.82. The number of anilines is 1. The van der Waals surface area contributed by atoms with Crippen molar-refractivity contribution in [1.29, 1.82) is 5.26 Å². The van der Waals surface area contributed by atoms with Crippen LogP contribution in [0.15, 0.2) is 47.5 Å². The summed E-state index contributed by atoms with van der Waals surface area (Å²) in [6.45, 7) is 1.91. The zero-order valence-corrected chi connectivity index (χ0v) is 13.7. The van der Waals surface area contributed by atoms with E-state index in [1.807, 2.05) is 13.0 Å². The van der Waals surface area contributed by atoms with Crippen LogP contribution in [0.2, 0.25) is 5.02 Å². The van der Waals surface area contributed by atoms with Crippen molar-refractivity contribution in [2.45, 2.75) is 11.8 Å². The standard InChI is InChI=1S/C16H12ClN3O2S/c1-10-9-19-16-14(10)6-12(17)7-15(16)20-23(21,22)13-4-2-3-11(5-13)8-18/h2-7,9,19-20H,1H3. The van der Waals surface area contributed by atoms with E-state index in [4.69, 9.17) is 16.9 Å². The van der Waals surface area contributed by atoms with Crippen LogP contribution in [0.3, 0.4) is 0 Å². The first kappa shape index (κ1) is 15.4. The molecule has 0 unspecified atom stereocenters. The lowest BCUT2D eigenvalue weighted by molar-refractivity contribution is 0.601. The van der Waals surface area contributed by atoms with Crippen LogP contribution in [0.5, 0.6) is 0 Å². The highest BCUT2D eigenvalue weighted by atomic mass is 35.5. The Labute approximate surface area is 138 Å². The monoisotopic (exact) mass is 345 g/mol. The zero-order valence-electron chi connectivity index (χ0n) is 12.1. The van der Waals surface area contributed by atoms with Crippen LogP contribution in [0.25, 0.3) is 10.9 Å². The number of nitriles is 1. The molecule has 0 atom stereocenters. The lowest BCUT2D eigenvalue weighted by Gasteiger charge is -2.10. The second-order valence-corrected chi connectivity index (χ2v) is 7.21. The Hall–Kier alpha value is -2.49. The SMILES string of the molecule is Cc1c[nH]c2c(NS(=O)(=O)c3cccc(C#N)c3)cc(Cl)cc12. The molecule has 1 heterocycles. The molecule has 23 heavy (non-hydrogen) atoms. The Balaban J connectivity index is 2.09. The Morgan fingerprint density at radius 2 is 2.04 bits per heavy atom. The highest BCUT2D eigenvalue weighted by Crippen LogP contribution is 2.31. The molecule has 0 fully saturated rings. The van der Waals surface area contributed by atoms with Gasteiger partial charge in [-0.05, 0) is 42.8 Å². The van der Waals surface area contributed by atoms with Crippen LogP contribution in [0, 0.1) is 18.3 Å². The zero-order chi connectivity index (χ0) is 16.6.